The third-order valence-electron chi connectivity index (χ3n) is 3.61. The third-order valence-corrected chi connectivity index (χ3v) is 3.61. The van der Waals surface area contributed by atoms with Crippen LogP contribution in [0.15, 0.2) is 24.3 Å². The average Bonchev–Trinajstić information content (AvgIpc) is 2.65. The molecule has 3 heteroatoms. The summed E-state index contributed by atoms with van der Waals surface area (Å²) in [6.07, 6.45) is 5.47. The molecule has 0 atom stereocenters. The van der Waals surface area contributed by atoms with Crippen LogP contribution in [0.4, 0.5) is 0 Å². The van der Waals surface area contributed by atoms with E-state index < -0.39 is 0 Å². The summed E-state index contributed by atoms with van der Waals surface area (Å²) in [7, 11) is 0. The fourth-order valence-corrected chi connectivity index (χ4v) is 2.48. The highest BCUT2D eigenvalue weighted by Crippen LogP contribution is 2.14. The number of phenols is 1. The van der Waals surface area contributed by atoms with Crippen molar-refractivity contribution in [1.29, 1.82) is 0 Å². The van der Waals surface area contributed by atoms with Crippen LogP contribution in [-0.4, -0.2) is 36.2 Å². The number of phenolic OH excluding ortho intramolecular Hbond substituents is 1. The minimum atomic E-state index is 0.389. The monoisotopic (exact) mass is 248 g/mol. The first kappa shape index (κ1) is 13.4. The molecular formula is C15H24N2O. The molecule has 1 aromatic rings. The molecule has 1 aliphatic rings. The molecule has 2 rings (SSSR count). The number of hydrogen-bond donors (Lipinski definition) is 2. The van der Waals surface area contributed by atoms with Crippen molar-refractivity contribution < 1.29 is 5.11 Å². The van der Waals surface area contributed by atoms with Gasteiger partial charge in [0.15, 0.2) is 0 Å². The van der Waals surface area contributed by atoms with Gasteiger partial charge in [-0.3, -0.25) is 0 Å². The van der Waals surface area contributed by atoms with Crippen molar-refractivity contribution in [1.82, 2.24) is 10.2 Å². The predicted octanol–water partition coefficient (Wildman–Crippen LogP) is 2.36. The molecule has 0 aromatic heterocycles. The van der Waals surface area contributed by atoms with Crippen LogP contribution < -0.4 is 5.32 Å². The summed E-state index contributed by atoms with van der Waals surface area (Å²) >= 11 is 0. The average molecular weight is 248 g/mol. The van der Waals surface area contributed by atoms with Gasteiger partial charge in [-0.1, -0.05) is 31.0 Å². The maximum Gasteiger partial charge on any atom is 0.120 e. The number of para-hydroxylation sites is 1. The van der Waals surface area contributed by atoms with E-state index >= 15 is 0 Å². The van der Waals surface area contributed by atoms with E-state index in [-0.39, 0.29) is 0 Å². The zero-order valence-corrected chi connectivity index (χ0v) is 11.1. The maximum atomic E-state index is 9.65. The van der Waals surface area contributed by atoms with Crippen LogP contribution in [0, 0.1) is 0 Å². The van der Waals surface area contributed by atoms with E-state index in [4.69, 9.17) is 0 Å². The maximum absolute atomic E-state index is 9.65. The lowest BCUT2D eigenvalue weighted by atomic mass is 10.2. The highest BCUT2D eigenvalue weighted by Gasteiger charge is 2.08. The van der Waals surface area contributed by atoms with E-state index in [2.05, 4.69) is 10.2 Å². The van der Waals surface area contributed by atoms with Gasteiger partial charge in [-0.15, -0.1) is 0 Å². The van der Waals surface area contributed by atoms with Gasteiger partial charge in [-0.25, -0.2) is 0 Å². The fraction of sp³-hybridized carbons (Fsp3) is 0.600. The van der Waals surface area contributed by atoms with Crippen molar-refractivity contribution >= 4 is 0 Å². The van der Waals surface area contributed by atoms with Crippen molar-refractivity contribution in [2.75, 3.05) is 26.2 Å². The second-order valence-corrected chi connectivity index (χ2v) is 5.06. The Balaban J connectivity index is 1.65. The zero-order valence-electron chi connectivity index (χ0n) is 11.1. The lowest BCUT2D eigenvalue weighted by molar-refractivity contribution is 0.284. The molecule has 100 valence electrons. The highest BCUT2D eigenvalue weighted by atomic mass is 16.3. The Morgan fingerprint density at radius 1 is 1.06 bits per heavy atom. The summed E-state index contributed by atoms with van der Waals surface area (Å²) in [4.78, 5) is 2.55. The van der Waals surface area contributed by atoms with Gasteiger partial charge in [0.2, 0.25) is 0 Å². The van der Waals surface area contributed by atoms with Crippen molar-refractivity contribution in [2.45, 2.75) is 32.2 Å². The van der Waals surface area contributed by atoms with Crippen LogP contribution in [-0.2, 0) is 6.54 Å². The van der Waals surface area contributed by atoms with Gasteiger partial charge in [0, 0.05) is 25.2 Å². The van der Waals surface area contributed by atoms with Crippen LogP contribution in [0.3, 0.4) is 0 Å². The second kappa shape index (κ2) is 7.39. The molecule has 2 N–H and O–H groups in total. The molecular weight excluding hydrogens is 224 g/mol. The summed E-state index contributed by atoms with van der Waals surface area (Å²) in [5.41, 5.74) is 0.980. The van der Waals surface area contributed by atoms with E-state index in [0.717, 1.165) is 25.2 Å². The number of rotatable bonds is 5. The number of aromatic hydroxyl groups is 1. The smallest absolute Gasteiger partial charge is 0.120 e. The van der Waals surface area contributed by atoms with Crippen LogP contribution >= 0.6 is 0 Å². The Morgan fingerprint density at radius 2 is 1.78 bits per heavy atom. The summed E-state index contributed by atoms with van der Waals surface area (Å²) in [5, 5.41) is 13.1. The molecule has 0 aliphatic carbocycles. The van der Waals surface area contributed by atoms with E-state index in [1.165, 1.54) is 38.8 Å². The number of nitrogens with zero attached hydrogens (tertiary/aromatic N) is 1. The van der Waals surface area contributed by atoms with E-state index in [9.17, 15) is 5.11 Å². The number of nitrogens with one attached hydrogen (secondary N) is 1. The third kappa shape index (κ3) is 4.31. The normalized spacial score (nSPS) is 17.6. The van der Waals surface area contributed by atoms with Gasteiger partial charge in [0.25, 0.3) is 0 Å². The molecule has 0 saturated carbocycles. The van der Waals surface area contributed by atoms with Crippen LogP contribution in [0.25, 0.3) is 0 Å². The van der Waals surface area contributed by atoms with Gasteiger partial charge in [0.05, 0.1) is 0 Å². The molecule has 0 spiro atoms. The van der Waals surface area contributed by atoms with Crippen LogP contribution in [0.1, 0.15) is 31.2 Å². The molecule has 0 radical (unpaired) electrons. The molecule has 1 saturated heterocycles. The minimum Gasteiger partial charge on any atom is -0.508 e. The Kier molecular flexibility index (Phi) is 5.49. The first-order valence-corrected chi connectivity index (χ1v) is 7.06. The second-order valence-electron chi connectivity index (χ2n) is 5.06. The van der Waals surface area contributed by atoms with Crippen LogP contribution in [0.5, 0.6) is 5.75 Å². The summed E-state index contributed by atoms with van der Waals surface area (Å²) in [5.74, 6) is 0.389. The standard InChI is InChI=1S/C15H24N2O/c18-15-8-4-3-7-14(15)13-16-9-12-17-10-5-1-2-6-11-17/h3-4,7-8,16,18H,1-2,5-6,9-13H2. The van der Waals surface area contributed by atoms with Crippen molar-refractivity contribution in [2.24, 2.45) is 0 Å². The largest absolute Gasteiger partial charge is 0.508 e. The molecule has 18 heavy (non-hydrogen) atoms. The van der Waals surface area contributed by atoms with Gasteiger partial charge in [-0.05, 0) is 32.0 Å². The van der Waals surface area contributed by atoms with Gasteiger partial charge in [-0.2, -0.15) is 0 Å². The first-order chi connectivity index (χ1) is 8.86. The van der Waals surface area contributed by atoms with Gasteiger partial charge < -0.3 is 15.3 Å². The Morgan fingerprint density at radius 3 is 2.50 bits per heavy atom. The van der Waals surface area contributed by atoms with E-state index in [1.807, 2.05) is 18.2 Å². The van der Waals surface area contributed by atoms with Crippen molar-refractivity contribution in [3.05, 3.63) is 29.8 Å². The lowest BCUT2D eigenvalue weighted by Crippen LogP contribution is -2.32. The Labute approximate surface area is 110 Å². The van der Waals surface area contributed by atoms with Crippen molar-refractivity contribution in [3.8, 4) is 5.75 Å². The molecule has 1 aliphatic heterocycles. The van der Waals surface area contributed by atoms with E-state index in [0.29, 0.717) is 5.75 Å². The van der Waals surface area contributed by atoms with Crippen molar-refractivity contribution in [3.63, 3.8) is 0 Å². The van der Waals surface area contributed by atoms with Crippen LogP contribution in [0.2, 0.25) is 0 Å². The lowest BCUT2D eigenvalue weighted by Gasteiger charge is -2.19. The quantitative estimate of drug-likeness (QED) is 0.785. The highest BCUT2D eigenvalue weighted by molar-refractivity contribution is 5.31. The minimum absolute atomic E-state index is 0.389. The summed E-state index contributed by atoms with van der Waals surface area (Å²) in [6, 6.07) is 7.53. The predicted molar refractivity (Wildman–Crippen MR) is 74.7 cm³/mol. The zero-order chi connectivity index (χ0) is 12.6. The Hall–Kier alpha value is -1.06. The molecule has 1 fully saturated rings. The topological polar surface area (TPSA) is 35.5 Å². The summed E-state index contributed by atoms with van der Waals surface area (Å²) in [6.45, 7) is 5.36. The molecule has 0 bridgehead atoms. The SMILES string of the molecule is Oc1ccccc1CNCCN1CCCCCC1. The first-order valence-electron chi connectivity index (χ1n) is 7.06. The number of hydrogen-bond acceptors (Lipinski definition) is 3. The van der Waals surface area contributed by atoms with Gasteiger partial charge >= 0.3 is 0 Å². The van der Waals surface area contributed by atoms with Gasteiger partial charge in [0.1, 0.15) is 5.75 Å². The molecule has 0 unspecified atom stereocenters. The molecule has 0 amide bonds. The fourth-order valence-electron chi connectivity index (χ4n) is 2.48. The summed E-state index contributed by atoms with van der Waals surface area (Å²) < 4.78 is 0. The Bertz CT molecular complexity index is 346. The van der Waals surface area contributed by atoms with E-state index in [1.54, 1.807) is 6.07 Å². The molecule has 3 nitrogen and oxygen atoms in total. The molecule has 1 aromatic carbocycles. The number of likely N-dealkylation sites (tertiary alicyclic amines) is 1. The molecule has 1 heterocycles. The number of benzene rings is 1.